The fourth-order valence-electron chi connectivity index (χ4n) is 1.98. The van der Waals surface area contributed by atoms with Crippen LogP contribution in [0.1, 0.15) is 18.6 Å². The van der Waals surface area contributed by atoms with E-state index < -0.39 is 27.4 Å². The average molecular weight is 331 g/mol. The van der Waals surface area contributed by atoms with Crippen LogP contribution in [0.5, 0.6) is 0 Å². The van der Waals surface area contributed by atoms with Gasteiger partial charge in [0.2, 0.25) is 5.91 Å². The quantitative estimate of drug-likeness (QED) is 0.671. The Labute approximate surface area is 129 Å². The Kier molecular flexibility index (Phi) is 4.50. The molecular formula is C12H11ClN2O5S. The van der Waals surface area contributed by atoms with Crippen LogP contribution in [0.25, 0.3) is 0 Å². The van der Waals surface area contributed by atoms with Gasteiger partial charge in [0.15, 0.2) is 0 Å². The number of halogens is 1. The summed E-state index contributed by atoms with van der Waals surface area (Å²) in [7, 11) is 0. The van der Waals surface area contributed by atoms with Crippen molar-refractivity contribution in [3.05, 3.63) is 38.9 Å². The summed E-state index contributed by atoms with van der Waals surface area (Å²) >= 11 is 6.41. The van der Waals surface area contributed by atoms with E-state index in [4.69, 9.17) is 11.6 Å². The predicted molar refractivity (Wildman–Crippen MR) is 77.2 cm³/mol. The average Bonchev–Trinajstić information content (AvgIpc) is 2.72. The minimum absolute atomic E-state index is 0.0624. The van der Waals surface area contributed by atoms with Crippen molar-refractivity contribution in [1.82, 2.24) is 4.90 Å². The molecule has 2 atom stereocenters. The highest BCUT2D eigenvalue weighted by Crippen LogP contribution is 2.37. The number of nitro groups is 1. The number of thioether (sulfide) groups is 1. The number of carbonyl (C=O) groups excluding carboxylic acids is 2. The second-order valence-corrected chi connectivity index (χ2v) is 5.80. The number of nitrogens with zero attached hydrogens (tertiary/aromatic N) is 2. The molecule has 2 amide bonds. The van der Waals surface area contributed by atoms with Crippen molar-refractivity contribution in [3.63, 3.8) is 0 Å². The molecule has 1 aliphatic heterocycles. The molecule has 9 heteroatoms. The van der Waals surface area contributed by atoms with E-state index in [1.807, 2.05) is 0 Å². The van der Waals surface area contributed by atoms with Crippen LogP contribution in [0.2, 0.25) is 5.02 Å². The molecule has 0 radical (unpaired) electrons. The Morgan fingerprint density at radius 1 is 1.52 bits per heavy atom. The topological polar surface area (TPSA) is 101 Å². The number of carbonyl (C=O) groups is 2. The SMILES string of the molecule is CCN1C(=O)SC(C(O)c2ccc(Cl)c([N+](=O)[O-])c2)C1=O. The molecule has 1 fully saturated rings. The maximum Gasteiger partial charge on any atom is 0.289 e. The van der Waals surface area contributed by atoms with Crippen LogP contribution >= 0.6 is 23.4 Å². The molecule has 0 spiro atoms. The summed E-state index contributed by atoms with van der Waals surface area (Å²) in [6.07, 6.45) is -1.32. The fourth-order valence-corrected chi connectivity index (χ4v) is 3.24. The predicted octanol–water partition coefficient (Wildman–Crippen LogP) is 2.37. The molecule has 1 N–H and O–H groups in total. The van der Waals surface area contributed by atoms with Crippen LogP contribution in [-0.4, -0.2) is 37.9 Å². The molecule has 0 bridgehead atoms. The highest BCUT2D eigenvalue weighted by Gasteiger charge is 2.43. The summed E-state index contributed by atoms with van der Waals surface area (Å²) in [5.41, 5.74) is -0.190. The van der Waals surface area contributed by atoms with Crippen molar-refractivity contribution in [3.8, 4) is 0 Å². The molecular weight excluding hydrogens is 320 g/mol. The zero-order valence-electron chi connectivity index (χ0n) is 10.9. The Morgan fingerprint density at radius 2 is 2.19 bits per heavy atom. The first kappa shape index (κ1) is 15.7. The Balaban J connectivity index is 2.31. The van der Waals surface area contributed by atoms with Gasteiger partial charge in [-0.2, -0.15) is 0 Å². The van der Waals surface area contributed by atoms with Crippen LogP contribution in [0, 0.1) is 10.1 Å². The lowest BCUT2D eigenvalue weighted by Crippen LogP contribution is -2.33. The van der Waals surface area contributed by atoms with Gasteiger partial charge >= 0.3 is 0 Å². The van der Waals surface area contributed by atoms with Gasteiger partial charge in [0.25, 0.3) is 10.9 Å². The highest BCUT2D eigenvalue weighted by atomic mass is 35.5. The number of rotatable bonds is 4. The van der Waals surface area contributed by atoms with Gasteiger partial charge in [-0.05, 0) is 30.3 Å². The first-order valence-corrected chi connectivity index (χ1v) is 7.26. The molecule has 1 saturated heterocycles. The van der Waals surface area contributed by atoms with Crippen molar-refractivity contribution in [2.24, 2.45) is 0 Å². The lowest BCUT2D eigenvalue weighted by molar-refractivity contribution is -0.384. The number of hydrogen-bond donors (Lipinski definition) is 1. The number of hydrogen-bond acceptors (Lipinski definition) is 6. The first-order valence-electron chi connectivity index (χ1n) is 6.00. The third-order valence-corrected chi connectivity index (χ3v) is 4.52. The molecule has 0 aliphatic carbocycles. The maximum atomic E-state index is 12.0. The highest BCUT2D eigenvalue weighted by molar-refractivity contribution is 8.15. The summed E-state index contributed by atoms with van der Waals surface area (Å²) in [4.78, 5) is 34.8. The van der Waals surface area contributed by atoms with Gasteiger partial charge in [-0.25, -0.2) is 0 Å². The van der Waals surface area contributed by atoms with Crippen LogP contribution < -0.4 is 0 Å². The van der Waals surface area contributed by atoms with Crippen molar-refractivity contribution < 1.29 is 19.6 Å². The van der Waals surface area contributed by atoms with E-state index in [1.165, 1.54) is 12.1 Å². The van der Waals surface area contributed by atoms with Crippen molar-refractivity contribution in [1.29, 1.82) is 0 Å². The molecule has 2 rings (SSSR count). The van der Waals surface area contributed by atoms with Crippen LogP contribution in [0.3, 0.4) is 0 Å². The van der Waals surface area contributed by atoms with E-state index in [9.17, 15) is 24.8 Å². The summed E-state index contributed by atoms with van der Waals surface area (Å²) in [6.45, 7) is 1.87. The van der Waals surface area contributed by atoms with E-state index in [-0.39, 0.29) is 22.8 Å². The maximum absolute atomic E-state index is 12.0. The number of aliphatic hydroxyl groups excluding tert-OH is 1. The molecule has 2 unspecified atom stereocenters. The Morgan fingerprint density at radius 3 is 2.71 bits per heavy atom. The number of nitro benzene ring substituents is 1. The summed E-state index contributed by atoms with van der Waals surface area (Å²) < 4.78 is 0. The standard InChI is InChI=1S/C12H11ClN2O5S/c1-2-14-11(17)10(21-12(14)18)9(16)6-3-4-7(13)8(5-6)15(19)20/h3-5,9-10,16H,2H2,1H3. The van der Waals surface area contributed by atoms with Crippen LogP contribution in [0.4, 0.5) is 10.5 Å². The van der Waals surface area contributed by atoms with Crippen molar-refractivity contribution >= 4 is 40.2 Å². The molecule has 1 aromatic carbocycles. The van der Waals surface area contributed by atoms with Crippen molar-refractivity contribution in [2.75, 3.05) is 6.54 Å². The van der Waals surface area contributed by atoms with Gasteiger partial charge in [0, 0.05) is 12.6 Å². The second-order valence-electron chi connectivity index (χ2n) is 4.30. The number of amides is 2. The third-order valence-electron chi connectivity index (χ3n) is 3.07. The second kappa shape index (κ2) is 6.00. The molecule has 0 aromatic heterocycles. The zero-order valence-corrected chi connectivity index (χ0v) is 12.4. The largest absolute Gasteiger partial charge is 0.387 e. The van der Waals surface area contributed by atoms with Gasteiger partial charge < -0.3 is 5.11 Å². The summed E-state index contributed by atoms with van der Waals surface area (Å²) in [5, 5.41) is 19.6. The lowest BCUT2D eigenvalue weighted by Gasteiger charge is -2.16. The van der Waals surface area contributed by atoms with E-state index >= 15 is 0 Å². The molecule has 1 aromatic rings. The van der Waals surface area contributed by atoms with Gasteiger partial charge in [-0.15, -0.1) is 0 Å². The van der Waals surface area contributed by atoms with E-state index in [0.717, 1.165) is 11.0 Å². The lowest BCUT2D eigenvalue weighted by atomic mass is 10.0. The minimum atomic E-state index is -1.32. The number of benzene rings is 1. The van der Waals surface area contributed by atoms with Gasteiger partial charge in [0.05, 0.1) is 4.92 Å². The zero-order chi connectivity index (χ0) is 15.7. The smallest absolute Gasteiger partial charge is 0.289 e. The fraction of sp³-hybridized carbons (Fsp3) is 0.333. The monoisotopic (exact) mass is 330 g/mol. The summed E-state index contributed by atoms with van der Waals surface area (Å²) in [5.74, 6) is -0.502. The number of imide groups is 1. The van der Waals surface area contributed by atoms with Crippen LogP contribution in [-0.2, 0) is 4.79 Å². The first-order chi connectivity index (χ1) is 9.86. The van der Waals surface area contributed by atoms with Crippen molar-refractivity contribution in [2.45, 2.75) is 18.3 Å². The van der Waals surface area contributed by atoms with Gasteiger partial charge in [-0.1, -0.05) is 17.7 Å². The molecule has 21 heavy (non-hydrogen) atoms. The van der Waals surface area contributed by atoms with Crippen LogP contribution in [0.15, 0.2) is 18.2 Å². The third kappa shape index (κ3) is 2.87. The van der Waals surface area contributed by atoms with E-state index in [1.54, 1.807) is 6.92 Å². The minimum Gasteiger partial charge on any atom is -0.387 e. The van der Waals surface area contributed by atoms with E-state index in [2.05, 4.69) is 0 Å². The van der Waals surface area contributed by atoms with Gasteiger partial charge in [0.1, 0.15) is 16.4 Å². The molecule has 7 nitrogen and oxygen atoms in total. The molecule has 1 heterocycles. The van der Waals surface area contributed by atoms with E-state index in [0.29, 0.717) is 11.8 Å². The molecule has 1 aliphatic rings. The van der Waals surface area contributed by atoms with Gasteiger partial charge in [-0.3, -0.25) is 24.6 Å². The Bertz CT molecular complexity index is 624. The normalized spacial score (nSPS) is 20.0. The molecule has 112 valence electrons. The molecule has 0 saturated carbocycles. The Hall–Kier alpha value is -1.64. The summed E-state index contributed by atoms with van der Waals surface area (Å²) in [6, 6.07) is 3.79. The number of aliphatic hydroxyl groups is 1.